The first-order chi connectivity index (χ1) is 13.5. The lowest BCUT2D eigenvalue weighted by Gasteiger charge is -2.36. The second-order valence-electron chi connectivity index (χ2n) is 8.29. The molecule has 0 bridgehead atoms. The number of piperazine rings is 1. The molecule has 0 aliphatic carbocycles. The van der Waals surface area contributed by atoms with E-state index in [0.717, 1.165) is 39.1 Å². The van der Waals surface area contributed by atoms with Gasteiger partial charge in [-0.2, -0.15) is 0 Å². The average molecular weight is 380 g/mol. The van der Waals surface area contributed by atoms with Crippen LogP contribution in [0.25, 0.3) is 0 Å². The summed E-state index contributed by atoms with van der Waals surface area (Å²) in [5.41, 5.74) is 3.52. The number of para-hydroxylation sites is 1. The van der Waals surface area contributed by atoms with Crippen molar-refractivity contribution < 1.29 is 4.79 Å². The fourth-order valence-electron chi connectivity index (χ4n) is 3.50. The number of amides is 1. The topological polar surface area (TPSA) is 35.6 Å². The smallest absolute Gasteiger partial charge is 0.225 e. The van der Waals surface area contributed by atoms with Crippen LogP contribution in [-0.2, 0) is 17.9 Å². The monoisotopic (exact) mass is 379 g/mol. The molecule has 0 spiro atoms. The van der Waals surface area contributed by atoms with Crippen LogP contribution in [0.5, 0.6) is 0 Å². The normalized spacial score (nSPS) is 15.5. The highest BCUT2D eigenvalue weighted by molar-refractivity contribution is 5.81. The van der Waals surface area contributed by atoms with Crippen molar-refractivity contribution in [3.05, 3.63) is 65.7 Å². The van der Waals surface area contributed by atoms with Crippen LogP contribution in [0.15, 0.2) is 54.6 Å². The zero-order chi connectivity index (χ0) is 20.0. The minimum atomic E-state index is -0.317. The van der Waals surface area contributed by atoms with Gasteiger partial charge in [-0.15, -0.1) is 0 Å². The van der Waals surface area contributed by atoms with E-state index in [4.69, 9.17) is 0 Å². The Morgan fingerprint density at radius 1 is 0.929 bits per heavy atom. The maximum atomic E-state index is 12.4. The molecule has 0 atom stereocenters. The number of nitrogens with zero attached hydrogens (tertiary/aromatic N) is 2. The van der Waals surface area contributed by atoms with Gasteiger partial charge in [-0.1, -0.05) is 63.2 Å². The zero-order valence-corrected chi connectivity index (χ0v) is 17.4. The first kappa shape index (κ1) is 20.4. The van der Waals surface area contributed by atoms with Gasteiger partial charge >= 0.3 is 0 Å². The van der Waals surface area contributed by atoms with Crippen LogP contribution in [-0.4, -0.2) is 37.0 Å². The first-order valence-corrected chi connectivity index (χ1v) is 10.4. The lowest BCUT2D eigenvalue weighted by Crippen LogP contribution is -2.46. The third kappa shape index (κ3) is 5.14. The predicted molar refractivity (Wildman–Crippen MR) is 116 cm³/mol. The minimum Gasteiger partial charge on any atom is -0.369 e. The Bertz CT molecular complexity index is 764. The molecule has 28 heavy (non-hydrogen) atoms. The molecule has 1 saturated heterocycles. The third-order valence-electron chi connectivity index (χ3n) is 5.94. The van der Waals surface area contributed by atoms with Gasteiger partial charge in [0.25, 0.3) is 0 Å². The molecule has 1 fully saturated rings. The van der Waals surface area contributed by atoms with E-state index in [-0.39, 0.29) is 11.3 Å². The lowest BCUT2D eigenvalue weighted by atomic mass is 9.89. The summed E-state index contributed by atoms with van der Waals surface area (Å²) in [4.78, 5) is 17.4. The van der Waals surface area contributed by atoms with Gasteiger partial charge in [-0.05, 0) is 29.7 Å². The van der Waals surface area contributed by atoms with Crippen molar-refractivity contribution in [2.45, 2.75) is 40.3 Å². The third-order valence-corrected chi connectivity index (χ3v) is 5.94. The van der Waals surface area contributed by atoms with Crippen LogP contribution in [0, 0.1) is 5.41 Å². The SMILES string of the molecule is CCC(C)(C)C(=O)NCc1ccccc1CN1CCN(c2ccccc2)CC1. The first-order valence-electron chi connectivity index (χ1n) is 10.4. The molecular formula is C24H33N3O. The van der Waals surface area contributed by atoms with Crippen molar-refractivity contribution in [2.75, 3.05) is 31.1 Å². The van der Waals surface area contributed by atoms with Crippen molar-refractivity contribution in [3.63, 3.8) is 0 Å². The Morgan fingerprint density at radius 3 is 2.18 bits per heavy atom. The lowest BCUT2D eigenvalue weighted by molar-refractivity contribution is -0.129. The van der Waals surface area contributed by atoms with Gasteiger partial charge in [0.15, 0.2) is 0 Å². The average Bonchev–Trinajstić information content (AvgIpc) is 2.74. The van der Waals surface area contributed by atoms with Crippen molar-refractivity contribution in [1.82, 2.24) is 10.2 Å². The molecule has 1 heterocycles. The van der Waals surface area contributed by atoms with Crippen LogP contribution in [0.1, 0.15) is 38.3 Å². The van der Waals surface area contributed by atoms with Crippen molar-refractivity contribution in [1.29, 1.82) is 0 Å². The largest absolute Gasteiger partial charge is 0.369 e. The Hall–Kier alpha value is -2.33. The number of rotatable bonds is 7. The second-order valence-corrected chi connectivity index (χ2v) is 8.29. The van der Waals surface area contributed by atoms with Gasteiger partial charge in [0.2, 0.25) is 5.91 Å². The van der Waals surface area contributed by atoms with E-state index in [1.807, 2.05) is 13.8 Å². The Morgan fingerprint density at radius 2 is 1.54 bits per heavy atom. The number of carbonyl (C=O) groups is 1. The fraction of sp³-hybridized carbons (Fsp3) is 0.458. The Kier molecular flexibility index (Phi) is 6.74. The van der Waals surface area contributed by atoms with Gasteiger partial charge in [-0.3, -0.25) is 9.69 Å². The highest BCUT2D eigenvalue weighted by Crippen LogP contribution is 2.21. The summed E-state index contributed by atoms with van der Waals surface area (Å²) in [5, 5.41) is 3.13. The Balaban J connectivity index is 1.56. The number of hydrogen-bond donors (Lipinski definition) is 1. The molecule has 2 aromatic rings. The van der Waals surface area contributed by atoms with E-state index in [1.165, 1.54) is 16.8 Å². The summed E-state index contributed by atoms with van der Waals surface area (Å²) in [7, 11) is 0. The number of anilines is 1. The molecule has 3 rings (SSSR count). The van der Waals surface area contributed by atoms with E-state index in [0.29, 0.717) is 6.54 Å². The summed E-state index contributed by atoms with van der Waals surface area (Å²) < 4.78 is 0. The molecule has 1 aliphatic rings. The molecule has 0 saturated carbocycles. The molecule has 4 nitrogen and oxygen atoms in total. The number of carbonyl (C=O) groups excluding carboxylic acids is 1. The van der Waals surface area contributed by atoms with Crippen LogP contribution in [0.2, 0.25) is 0 Å². The number of benzene rings is 2. The van der Waals surface area contributed by atoms with E-state index < -0.39 is 0 Å². The molecule has 4 heteroatoms. The standard InChI is InChI=1S/C24H33N3O/c1-4-24(2,3)23(28)25-18-20-10-8-9-11-21(20)19-26-14-16-27(17-15-26)22-12-6-5-7-13-22/h5-13H,4,14-19H2,1-3H3,(H,25,28). The molecule has 1 aliphatic heterocycles. The maximum Gasteiger partial charge on any atom is 0.225 e. The van der Waals surface area contributed by atoms with Gasteiger partial charge in [0.05, 0.1) is 0 Å². The van der Waals surface area contributed by atoms with E-state index in [1.54, 1.807) is 0 Å². The zero-order valence-electron chi connectivity index (χ0n) is 17.4. The summed E-state index contributed by atoms with van der Waals surface area (Å²) in [6.07, 6.45) is 0.839. The molecule has 1 N–H and O–H groups in total. The summed E-state index contributed by atoms with van der Waals surface area (Å²) in [5.74, 6) is 0.126. The van der Waals surface area contributed by atoms with Crippen LogP contribution < -0.4 is 10.2 Å². The number of nitrogens with one attached hydrogen (secondary N) is 1. The highest BCUT2D eigenvalue weighted by atomic mass is 16.2. The minimum absolute atomic E-state index is 0.126. The summed E-state index contributed by atoms with van der Waals surface area (Å²) in [6.45, 7) is 11.8. The quantitative estimate of drug-likeness (QED) is 0.788. The Labute approximate surface area is 169 Å². The predicted octanol–water partition coefficient (Wildman–Crippen LogP) is 4.06. The molecule has 0 aromatic heterocycles. The summed E-state index contributed by atoms with van der Waals surface area (Å²) >= 11 is 0. The van der Waals surface area contributed by atoms with Crippen LogP contribution in [0.4, 0.5) is 5.69 Å². The molecule has 0 radical (unpaired) electrons. The molecule has 1 amide bonds. The molecule has 2 aromatic carbocycles. The molecule has 0 unspecified atom stereocenters. The van der Waals surface area contributed by atoms with Gasteiger partial charge < -0.3 is 10.2 Å². The van der Waals surface area contributed by atoms with Crippen molar-refractivity contribution in [2.24, 2.45) is 5.41 Å². The fourth-order valence-corrected chi connectivity index (χ4v) is 3.50. The van der Waals surface area contributed by atoms with Crippen molar-refractivity contribution in [3.8, 4) is 0 Å². The van der Waals surface area contributed by atoms with Gasteiger partial charge in [0.1, 0.15) is 0 Å². The van der Waals surface area contributed by atoms with Gasteiger partial charge in [-0.25, -0.2) is 0 Å². The van der Waals surface area contributed by atoms with Crippen molar-refractivity contribution >= 4 is 11.6 Å². The van der Waals surface area contributed by atoms with Gasteiger partial charge in [0, 0.05) is 50.4 Å². The molecule has 150 valence electrons. The van der Waals surface area contributed by atoms with Crippen LogP contribution in [0.3, 0.4) is 0 Å². The van der Waals surface area contributed by atoms with E-state index in [2.05, 4.69) is 76.6 Å². The maximum absolute atomic E-state index is 12.4. The second kappa shape index (κ2) is 9.24. The van der Waals surface area contributed by atoms with Crippen LogP contribution >= 0.6 is 0 Å². The number of hydrogen-bond acceptors (Lipinski definition) is 3. The van der Waals surface area contributed by atoms with E-state index >= 15 is 0 Å². The van der Waals surface area contributed by atoms with E-state index in [9.17, 15) is 4.79 Å². The molecular weight excluding hydrogens is 346 g/mol. The highest BCUT2D eigenvalue weighted by Gasteiger charge is 2.25. The summed E-state index contributed by atoms with van der Waals surface area (Å²) in [6, 6.07) is 19.1.